The Bertz CT molecular complexity index is 998. The van der Waals surface area contributed by atoms with Crippen LogP contribution >= 0.6 is 11.3 Å². The molecule has 0 saturated carbocycles. The molecule has 2 aromatic rings. The minimum atomic E-state index is -0.348. The summed E-state index contributed by atoms with van der Waals surface area (Å²) < 4.78 is 10.8. The maximum absolute atomic E-state index is 12.5. The van der Waals surface area contributed by atoms with E-state index in [1.807, 2.05) is 0 Å². The smallest absolute Gasteiger partial charge is 0.262 e. The summed E-state index contributed by atoms with van der Waals surface area (Å²) in [6.07, 6.45) is 3.56. The van der Waals surface area contributed by atoms with E-state index in [2.05, 4.69) is 32.2 Å². The van der Waals surface area contributed by atoms with Crippen LogP contribution in [0.1, 0.15) is 53.6 Å². The molecule has 1 N–H and O–H groups in total. The van der Waals surface area contributed by atoms with Crippen molar-refractivity contribution in [1.82, 2.24) is 0 Å². The predicted octanol–water partition coefficient (Wildman–Crippen LogP) is 4.61. The van der Waals surface area contributed by atoms with E-state index in [1.165, 1.54) is 23.3 Å². The number of nitrogens with one attached hydrogen (secondary N) is 1. The number of hydrogen-bond acceptors (Lipinski definition) is 6. The highest BCUT2D eigenvalue weighted by atomic mass is 32.1. The number of nitrogens with zero attached hydrogens (tertiary/aromatic N) is 1. The van der Waals surface area contributed by atoms with E-state index >= 15 is 0 Å². The summed E-state index contributed by atoms with van der Waals surface area (Å²) >= 11 is 1.50. The average molecular weight is 427 g/mol. The molecule has 1 aromatic heterocycles. The molecular formula is C23H26N2O4S. The molecule has 1 heterocycles. The van der Waals surface area contributed by atoms with E-state index in [1.54, 1.807) is 18.2 Å². The van der Waals surface area contributed by atoms with Crippen LogP contribution < -0.4 is 14.8 Å². The molecule has 0 spiro atoms. The second kappa shape index (κ2) is 8.88. The van der Waals surface area contributed by atoms with Crippen LogP contribution in [-0.2, 0) is 17.6 Å². The van der Waals surface area contributed by atoms with Gasteiger partial charge in [0.2, 0.25) is 0 Å². The number of methoxy groups -OCH3 is 1. The van der Waals surface area contributed by atoms with Crippen LogP contribution in [-0.4, -0.2) is 25.9 Å². The number of rotatable bonds is 6. The summed E-state index contributed by atoms with van der Waals surface area (Å²) in [6.45, 7) is 6.51. The fourth-order valence-electron chi connectivity index (χ4n) is 3.71. The zero-order valence-corrected chi connectivity index (χ0v) is 18.5. The van der Waals surface area contributed by atoms with Crippen LogP contribution in [0.5, 0.6) is 11.5 Å². The van der Waals surface area contributed by atoms with Gasteiger partial charge in [0.05, 0.1) is 12.7 Å². The molecule has 0 bridgehead atoms. The van der Waals surface area contributed by atoms with Crippen LogP contribution in [0.25, 0.3) is 0 Å². The van der Waals surface area contributed by atoms with Gasteiger partial charge in [0.25, 0.3) is 5.91 Å². The van der Waals surface area contributed by atoms with Crippen molar-refractivity contribution >= 4 is 28.5 Å². The molecule has 1 atom stereocenters. The third-order valence-corrected chi connectivity index (χ3v) is 6.71. The molecule has 0 radical (unpaired) electrons. The minimum absolute atomic E-state index is 0.212. The third-order valence-electron chi connectivity index (χ3n) is 5.54. The van der Waals surface area contributed by atoms with E-state index in [0.29, 0.717) is 39.8 Å². The molecule has 1 aromatic carbocycles. The van der Waals surface area contributed by atoms with Gasteiger partial charge >= 0.3 is 0 Å². The van der Waals surface area contributed by atoms with Crippen LogP contribution in [0, 0.1) is 22.7 Å². The van der Waals surface area contributed by atoms with Crippen molar-refractivity contribution in [3.05, 3.63) is 39.8 Å². The van der Waals surface area contributed by atoms with Gasteiger partial charge in [-0.1, -0.05) is 20.8 Å². The zero-order chi connectivity index (χ0) is 21.9. The summed E-state index contributed by atoms with van der Waals surface area (Å²) in [5.74, 6) is 0.963. The van der Waals surface area contributed by atoms with Crippen molar-refractivity contribution < 1.29 is 19.1 Å². The third kappa shape index (κ3) is 4.65. The van der Waals surface area contributed by atoms with Crippen molar-refractivity contribution in [2.45, 2.75) is 40.0 Å². The van der Waals surface area contributed by atoms with Crippen LogP contribution in [0.3, 0.4) is 0 Å². The Morgan fingerprint density at radius 3 is 2.77 bits per heavy atom. The van der Waals surface area contributed by atoms with Gasteiger partial charge in [-0.15, -0.1) is 11.3 Å². The van der Waals surface area contributed by atoms with Gasteiger partial charge < -0.3 is 14.8 Å². The van der Waals surface area contributed by atoms with Gasteiger partial charge in [0, 0.05) is 10.4 Å². The summed E-state index contributed by atoms with van der Waals surface area (Å²) in [7, 11) is 1.47. The standard InChI is InChI=1S/C23H26N2O4S/c1-23(2,3)15-6-7-16-17(11-24)22(30-20(16)10-15)25-21(27)13-29-18-8-5-14(12-26)9-19(18)28-4/h5,8-9,12,15H,6-7,10,13H2,1-4H3,(H,25,27). The fraction of sp³-hybridized carbons (Fsp3) is 0.435. The lowest BCUT2D eigenvalue weighted by Gasteiger charge is -2.33. The highest BCUT2D eigenvalue weighted by Crippen LogP contribution is 2.44. The van der Waals surface area contributed by atoms with Crippen LogP contribution in [0.2, 0.25) is 0 Å². The summed E-state index contributed by atoms with van der Waals surface area (Å²) in [4.78, 5) is 24.6. The molecule has 0 fully saturated rings. The first-order chi connectivity index (χ1) is 14.3. The lowest BCUT2D eigenvalue weighted by molar-refractivity contribution is -0.118. The number of amides is 1. The van der Waals surface area contributed by atoms with Gasteiger partial charge in [0.15, 0.2) is 18.1 Å². The Balaban J connectivity index is 1.70. The Labute approximate surface area is 180 Å². The first-order valence-electron chi connectivity index (χ1n) is 9.87. The Morgan fingerprint density at radius 2 is 2.13 bits per heavy atom. The largest absolute Gasteiger partial charge is 0.493 e. The molecule has 6 nitrogen and oxygen atoms in total. The SMILES string of the molecule is COc1cc(C=O)ccc1OCC(=O)Nc1sc2c(c1C#N)CCC(C(C)(C)C)C2. The van der Waals surface area contributed by atoms with Crippen molar-refractivity contribution in [2.24, 2.45) is 11.3 Å². The highest BCUT2D eigenvalue weighted by Gasteiger charge is 2.32. The molecule has 1 aliphatic carbocycles. The monoisotopic (exact) mass is 426 g/mol. The van der Waals surface area contributed by atoms with Crippen molar-refractivity contribution in [3.8, 4) is 17.6 Å². The number of fused-ring (bicyclic) bond motifs is 1. The molecule has 158 valence electrons. The number of nitriles is 1. The number of hydrogen-bond donors (Lipinski definition) is 1. The summed E-state index contributed by atoms with van der Waals surface area (Å²) in [6, 6.07) is 7.00. The number of anilines is 1. The topological polar surface area (TPSA) is 88.4 Å². The lowest BCUT2D eigenvalue weighted by atomic mass is 9.72. The molecule has 1 unspecified atom stereocenters. The van der Waals surface area contributed by atoms with Crippen molar-refractivity contribution in [3.63, 3.8) is 0 Å². The van der Waals surface area contributed by atoms with Gasteiger partial charge in [-0.25, -0.2) is 0 Å². The van der Waals surface area contributed by atoms with E-state index < -0.39 is 0 Å². The maximum atomic E-state index is 12.5. The van der Waals surface area contributed by atoms with E-state index in [9.17, 15) is 14.9 Å². The normalized spacial score (nSPS) is 15.6. The first-order valence-corrected chi connectivity index (χ1v) is 10.7. The van der Waals surface area contributed by atoms with E-state index in [0.717, 1.165) is 24.8 Å². The number of benzene rings is 1. The maximum Gasteiger partial charge on any atom is 0.262 e. The molecule has 30 heavy (non-hydrogen) atoms. The fourth-order valence-corrected chi connectivity index (χ4v) is 5.01. The number of carbonyl (C=O) groups excluding carboxylic acids is 2. The summed E-state index contributed by atoms with van der Waals surface area (Å²) in [5.41, 5.74) is 2.32. The molecule has 7 heteroatoms. The second-order valence-corrected chi connectivity index (χ2v) is 9.60. The summed E-state index contributed by atoms with van der Waals surface area (Å²) in [5, 5.41) is 13.1. The van der Waals surface area contributed by atoms with Gasteiger partial charge in [0.1, 0.15) is 17.4 Å². The molecule has 1 aliphatic rings. The number of aldehydes is 1. The van der Waals surface area contributed by atoms with Gasteiger partial charge in [-0.2, -0.15) is 5.26 Å². The lowest BCUT2D eigenvalue weighted by Crippen LogP contribution is -2.26. The number of thiophene rings is 1. The predicted molar refractivity (Wildman–Crippen MR) is 117 cm³/mol. The molecule has 0 aliphatic heterocycles. The van der Waals surface area contributed by atoms with E-state index in [-0.39, 0.29) is 17.9 Å². The van der Waals surface area contributed by atoms with E-state index in [4.69, 9.17) is 9.47 Å². The molecule has 1 amide bonds. The zero-order valence-electron chi connectivity index (χ0n) is 17.7. The first kappa shape index (κ1) is 21.8. The van der Waals surface area contributed by atoms with Gasteiger partial charge in [-0.05, 0) is 54.4 Å². The Kier molecular flexibility index (Phi) is 6.47. The quantitative estimate of drug-likeness (QED) is 0.682. The number of ether oxygens (including phenoxy) is 2. The van der Waals surface area contributed by atoms with Gasteiger partial charge in [-0.3, -0.25) is 9.59 Å². The highest BCUT2D eigenvalue weighted by molar-refractivity contribution is 7.16. The average Bonchev–Trinajstić information content (AvgIpc) is 3.07. The molecule has 0 saturated heterocycles. The Hall–Kier alpha value is -2.85. The second-order valence-electron chi connectivity index (χ2n) is 8.49. The molecular weight excluding hydrogens is 400 g/mol. The molecule has 3 rings (SSSR count). The van der Waals surface area contributed by atoms with Crippen LogP contribution in [0.15, 0.2) is 18.2 Å². The van der Waals surface area contributed by atoms with Crippen molar-refractivity contribution in [2.75, 3.05) is 19.0 Å². The van der Waals surface area contributed by atoms with Crippen LogP contribution in [0.4, 0.5) is 5.00 Å². The number of carbonyl (C=O) groups is 2. The Morgan fingerprint density at radius 1 is 1.37 bits per heavy atom. The van der Waals surface area contributed by atoms with Crippen molar-refractivity contribution in [1.29, 1.82) is 5.26 Å². The minimum Gasteiger partial charge on any atom is -0.493 e.